The summed E-state index contributed by atoms with van der Waals surface area (Å²) in [5, 5.41) is 10.7. The standard InChI is InChI=1S/C11H22OS/c1-9(2,3)11(12)8-13-7-6-10(11,4)5/h12H,6-8H2,1-5H3. The van der Waals surface area contributed by atoms with E-state index in [1.165, 1.54) is 5.75 Å². The van der Waals surface area contributed by atoms with Crippen LogP contribution in [0.25, 0.3) is 0 Å². The summed E-state index contributed by atoms with van der Waals surface area (Å²) in [5.74, 6) is 2.06. The Labute approximate surface area is 86.3 Å². The second-order valence-corrected chi connectivity index (χ2v) is 6.90. The van der Waals surface area contributed by atoms with Crippen LogP contribution < -0.4 is 0 Å². The molecular weight excluding hydrogens is 180 g/mol. The lowest BCUT2D eigenvalue weighted by Gasteiger charge is -2.53. The summed E-state index contributed by atoms with van der Waals surface area (Å²) in [6, 6.07) is 0. The van der Waals surface area contributed by atoms with Crippen molar-refractivity contribution >= 4 is 11.8 Å². The Kier molecular flexibility index (Phi) is 2.77. The van der Waals surface area contributed by atoms with Crippen LogP contribution in [0.15, 0.2) is 0 Å². The van der Waals surface area contributed by atoms with Crippen molar-refractivity contribution in [1.82, 2.24) is 0 Å². The van der Waals surface area contributed by atoms with Gasteiger partial charge in [-0.1, -0.05) is 34.6 Å². The highest BCUT2D eigenvalue weighted by Crippen LogP contribution is 2.51. The van der Waals surface area contributed by atoms with Gasteiger partial charge in [-0.3, -0.25) is 0 Å². The van der Waals surface area contributed by atoms with Gasteiger partial charge in [-0.15, -0.1) is 0 Å². The van der Waals surface area contributed by atoms with E-state index < -0.39 is 5.60 Å². The lowest BCUT2D eigenvalue weighted by molar-refractivity contribution is -0.129. The zero-order valence-corrected chi connectivity index (χ0v) is 10.3. The molecule has 0 radical (unpaired) electrons. The summed E-state index contributed by atoms with van der Waals surface area (Å²) in [5.41, 5.74) is -0.497. The normalized spacial score (nSPS) is 34.6. The van der Waals surface area contributed by atoms with E-state index in [9.17, 15) is 5.11 Å². The molecule has 1 rings (SSSR count). The van der Waals surface area contributed by atoms with E-state index in [1.807, 2.05) is 11.8 Å². The van der Waals surface area contributed by atoms with E-state index in [2.05, 4.69) is 34.6 Å². The third-order valence-electron chi connectivity index (χ3n) is 3.54. The predicted octanol–water partition coefficient (Wildman–Crippen LogP) is 2.93. The minimum atomic E-state index is -0.525. The van der Waals surface area contributed by atoms with Gasteiger partial charge < -0.3 is 5.11 Å². The average Bonchev–Trinajstić information content (AvgIpc) is 1.93. The molecule has 0 aromatic heterocycles. The first-order chi connectivity index (χ1) is 5.71. The molecule has 0 spiro atoms. The first-order valence-electron chi connectivity index (χ1n) is 5.01. The molecule has 0 aliphatic carbocycles. The quantitative estimate of drug-likeness (QED) is 0.652. The zero-order chi connectivity index (χ0) is 10.3. The van der Waals surface area contributed by atoms with E-state index in [1.54, 1.807) is 0 Å². The second-order valence-electron chi connectivity index (χ2n) is 5.80. The van der Waals surface area contributed by atoms with Gasteiger partial charge in [-0.25, -0.2) is 0 Å². The lowest BCUT2D eigenvalue weighted by Crippen LogP contribution is -2.58. The monoisotopic (exact) mass is 202 g/mol. The van der Waals surface area contributed by atoms with Crippen LogP contribution in [0.3, 0.4) is 0 Å². The minimum Gasteiger partial charge on any atom is -0.388 e. The number of thioether (sulfide) groups is 1. The van der Waals surface area contributed by atoms with Crippen LogP contribution in [0.4, 0.5) is 0 Å². The van der Waals surface area contributed by atoms with E-state index in [-0.39, 0.29) is 10.8 Å². The van der Waals surface area contributed by atoms with Crippen LogP contribution in [-0.4, -0.2) is 22.2 Å². The largest absolute Gasteiger partial charge is 0.388 e. The van der Waals surface area contributed by atoms with Gasteiger partial charge in [0.05, 0.1) is 5.60 Å². The van der Waals surface area contributed by atoms with Gasteiger partial charge in [0.25, 0.3) is 0 Å². The molecule has 0 bridgehead atoms. The molecule has 1 heterocycles. The Morgan fingerprint density at radius 2 is 1.77 bits per heavy atom. The van der Waals surface area contributed by atoms with Crippen molar-refractivity contribution in [3.05, 3.63) is 0 Å². The van der Waals surface area contributed by atoms with Crippen molar-refractivity contribution in [2.75, 3.05) is 11.5 Å². The maximum atomic E-state index is 10.7. The fraction of sp³-hybridized carbons (Fsp3) is 1.00. The second kappa shape index (κ2) is 3.16. The smallest absolute Gasteiger partial charge is 0.0836 e. The Balaban J connectivity index is 2.98. The molecule has 1 atom stereocenters. The molecule has 1 saturated heterocycles. The van der Waals surface area contributed by atoms with Gasteiger partial charge in [0.1, 0.15) is 0 Å². The molecular formula is C11H22OS. The summed E-state index contributed by atoms with van der Waals surface area (Å²) in [4.78, 5) is 0. The van der Waals surface area contributed by atoms with Gasteiger partial charge in [0.2, 0.25) is 0 Å². The minimum absolute atomic E-state index is 0.0239. The SMILES string of the molecule is CC(C)(C)C1(O)CSCCC1(C)C. The first kappa shape index (κ1) is 11.4. The van der Waals surface area contributed by atoms with Gasteiger partial charge in [-0.2, -0.15) is 11.8 Å². The average molecular weight is 202 g/mol. The summed E-state index contributed by atoms with van der Waals surface area (Å²) in [6.07, 6.45) is 1.12. The van der Waals surface area contributed by atoms with Crippen LogP contribution in [-0.2, 0) is 0 Å². The Bertz CT molecular complexity index is 193. The summed E-state index contributed by atoms with van der Waals surface area (Å²) in [6.45, 7) is 10.8. The highest BCUT2D eigenvalue weighted by Gasteiger charge is 2.52. The molecule has 0 aromatic rings. The molecule has 1 N–H and O–H groups in total. The Morgan fingerprint density at radius 3 is 2.08 bits per heavy atom. The van der Waals surface area contributed by atoms with Crippen LogP contribution in [0.2, 0.25) is 0 Å². The van der Waals surface area contributed by atoms with Crippen LogP contribution in [0, 0.1) is 10.8 Å². The molecule has 1 aliphatic heterocycles. The molecule has 1 fully saturated rings. The van der Waals surface area contributed by atoms with E-state index in [0.717, 1.165) is 12.2 Å². The molecule has 0 saturated carbocycles. The number of aliphatic hydroxyl groups is 1. The molecule has 13 heavy (non-hydrogen) atoms. The van der Waals surface area contributed by atoms with Crippen molar-refractivity contribution in [1.29, 1.82) is 0 Å². The summed E-state index contributed by atoms with van der Waals surface area (Å²) < 4.78 is 0. The summed E-state index contributed by atoms with van der Waals surface area (Å²) >= 11 is 1.88. The zero-order valence-electron chi connectivity index (χ0n) is 9.48. The molecule has 1 unspecified atom stereocenters. The van der Waals surface area contributed by atoms with Crippen LogP contribution in [0.1, 0.15) is 41.0 Å². The van der Waals surface area contributed by atoms with Crippen LogP contribution >= 0.6 is 11.8 Å². The van der Waals surface area contributed by atoms with Crippen molar-refractivity contribution < 1.29 is 5.11 Å². The fourth-order valence-electron chi connectivity index (χ4n) is 2.18. The number of hydrogen-bond acceptors (Lipinski definition) is 2. The third-order valence-corrected chi connectivity index (χ3v) is 4.66. The van der Waals surface area contributed by atoms with E-state index in [0.29, 0.717) is 0 Å². The highest BCUT2D eigenvalue weighted by atomic mass is 32.2. The Morgan fingerprint density at radius 1 is 1.23 bits per heavy atom. The van der Waals surface area contributed by atoms with E-state index >= 15 is 0 Å². The number of hydrogen-bond donors (Lipinski definition) is 1. The molecule has 1 nitrogen and oxygen atoms in total. The van der Waals surface area contributed by atoms with Gasteiger partial charge >= 0.3 is 0 Å². The third kappa shape index (κ3) is 1.75. The van der Waals surface area contributed by atoms with Crippen LogP contribution in [0.5, 0.6) is 0 Å². The van der Waals surface area contributed by atoms with Gasteiger partial charge in [0, 0.05) is 5.75 Å². The molecule has 78 valence electrons. The molecule has 2 heteroatoms. The predicted molar refractivity (Wildman–Crippen MR) is 60.1 cm³/mol. The van der Waals surface area contributed by atoms with E-state index in [4.69, 9.17) is 0 Å². The van der Waals surface area contributed by atoms with Crippen molar-refractivity contribution in [3.63, 3.8) is 0 Å². The van der Waals surface area contributed by atoms with Crippen molar-refractivity contribution in [3.8, 4) is 0 Å². The molecule has 0 amide bonds. The summed E-state index contributed by atoms with van der Waals surface area (Å²) in [7, 11) is 0. The van der Waals surface area contributed by atoms with Crippen molar-refractivity contribution in [2.45, 2.75) is 46.6 Å². The number of rotatable bonds is 0. The lowest BCUT2D eigenvalue weighted by atomic mass is 9.61. The Hall–Kier alpha value is 0.310. The fourth-order valence-corrected chi connectivity index (χ4v) is 4.10. The van der Waals surface area contributed by atoms with Gasteiger partial charge in [-0.05, 0) is 23.0 Å². The van der Waals surface area contributed by atoms with Gasteiger partial charge in [0.15, 0.2) is 0 Å². The topological polar surface area (TPSA) is 20.2 Å². The molecule has 0 aromatic carbocycles. The maximum absolute atomic E-state index is 10.7. The van der Waals surface area contributed by atoms with Crippen molar-refractivity contribution in [2.24, 2.45) is 10.8 Å². The maximum Gasteiger partial charge on any atom is 0.0836 e. The highest BCUT2D eigenvalue weighted by molar-refractivity contribution is 7.99. The first-order valence-corrected chi connectivity index (χ1v) is 6.16. The molecule has 1 aliphatic rings.